The number of H-pyrrole nitrogens is 1. The summed E-state index contributed by atoms with van der Waals surface area (Å²) >= 11 is 0. The van der Waals surface area contributed by atoms with Crippen molar-refractivity contribution in [3.05, 3.63) is 36.0 Å². The average Bonchev–Trinajstić information content (AvgIpc) is 2.89. The first-order valence-corrected chi connectivity index (χ1v) is 7.72. The lowest BCUT2D eigenvalue weighted by atomic mass is 10.1. The molecule has 7 nitrogen and oxygen atoms in total. The number of nitrogens with one attached hydrogen (secondary N) is 3. The summed E-state index contributed by atoms with van der Waals surface area (Å²) in [6.45, 7) is 4.97. The Balaban J connectivity index is 1.89. The van der Waals surface area contributed by atoms with E-state index < -0.39 is 24.0 Å². The molecule has 1 aromatic carbocycles. The zero-order chi connectivity index (χ0) is 17.7. The van der Waals surface area contributed by atoms with E-state index in [0.29, 0.717) is 0 Å². The number of hydrogen-bond donors (Lipinski definition) is 3. The number of aromatic amines is 1. The van der Waals surface area contributed by atoms with Gasteiger partial charge in [-0.1, -0.05) is 18.2 Å². The summed E-state index contributed by atoms with van der Waals surface area (Å²) in [7, 11) is 0. The number of benzene rings is 1. The fourth-order valence-electron chi connectivity index (χ4n) is 2.24. The average molecular weight is 331 g/mol. The van der Waals surface area contributed by atoms with E-state index in [1.807, 2.05) is 24.3 Å². The first-order valence-electron chi connectivity index (χ1n) is 7.72. The second-order valence-electron chi connectivity index (χ2n) is 5.79. The molecule has 0 aliphatic heterocycles. The molecule has 0 aliphatic carbocycles. The summed E-state index contributed by atoms with van der Waals surface area (Å²) in [6, 6.07) is 6.88. The number of rotatable bonds is 5. The Morgan fingerprint density at radius 3 is 2.58 bits per heavy atom. The summed E-state index contributed by atoms with van der Waals surface area (Å²) in [6.07, 6.45) is 0.729. The summed E-state index contributed by atoms with van der Waals surface area (Å²) in [4.78, 5) is 38.4. The molecule has 0 saturated carbocycles. The van der Waals surface area contributed by atoms with Crippen LogP contribution in [0.4, 0.5) is 4.79 Å². The second-order valence-corrected chi connectivity index (χ2v) is 5.79. The van der Waals surface area contributed by atoms with E-state index in [-0.39, 0.29) is 12.5 Å². The molecule has 0 fully saturated rings. The van der Waals surface area contributed by atoms with Crippen molar-refractivity contribution in [3.8, 4) is 0 Å². The zero-order valence-electron chi connectivity index (χ0n) is 13.9. The number of fused-ring (bicyclic) bond motifs is 1. The van der Waals surface area contributed by atoms with Crippen LogP contribution in [0, 0.1) is 0 Å². The number of hydrogen-bond acceptors (Lipinski definition) is 4. The quantitative estimate of drug-likeness (QED) is 0.728. The van der Waals surface area contributed by atoms with Crippen molar-refractivity contribution >= 4 is 28.8 Å². The number of para-hydroxylation sites is 1. The third kappa shape index (κ3) is 4.58. The number of carbonyl (C=O) groups excluding carboxylic acids is 3. The Labute approximate surface area is 139 Å². The third-order valence-corrected chi connectivity index (χ3v) is 3.34. The van der Waals surface area contributed by atoms with Crippen LogP contribution < -0.4 is 10.6 Å². The molecule has 0 saturated heterocycles. The standard InChI is InChI=1S/C17H21N3O4/c1-10(2)19-17(23)20-16(22)11(3)24-15(21)8-12-9-18-14-7-5-4-6-13(12)14/h4-7,9-11,18H,8H2,1-3H3,(H2,19,20,22,23). The molecule has 0 spiro atoms. The van der Waals surface area contributed by atoms with Gasteiger partial charge in [0.1, 0.15) is 0 Å². The fraction of sp³-hybridized carbons (Fsp3) is 0.353. The first-order chi connectivity index (χ1) is 11.4. The van der Waals surface area contributed by atoms with Crippen molar-refractivity contribution in [3.63, 3.8) is 0 Å². The minimum absolute atomic E-state index is 0.0415. The Kier molecular flexibility index (Phi) is 5.57. The van der Waals surface area contributed by atoms with E-state index in [2.05, 4.69) is 15.6 Å². The Morgan fingerprint density at radius 1 is 1.17 bits per heavy atom. The number of carbonyl (C=O) groups is 3. The van der Waals surface area contributed by atoms with Gasteiger partial charge < -0.3 is 15.0 Å². The number of amides is 3. The van der Waals surface area contributed by atoms with E-state index >= 15 is 0 Å². The van der Waals surface area contributed by atoms with Crippen LogP contribution in [-0.4, -0.2) is 35.0 Å². The number of imide groups is 1. The van der Waals surface area contributed by atoms with Crippen LogP contribution in [-0.2, 0) is 20.7 Å². The van der Waals surface area contributed by atoms with Gasteiger partial charge in [-0.2, -0.15) is 0 Å². The normalized spacial score (nSPS) is 12.0. The molecule has 3 N–H and O–H groups in total. The SMILES string of the molecule is CC(C)NC(=O)NC(=O)C(C)OC(=O)Cc1c[nH]c2ccccc12. The van der Waals surface area contributed by atoms with Crippen LogP contribution >= 0.6 is 0 Å². The summed E-state index contributed by atoms with van der Waals surface area (Å²) in [5.74, 6) is -1.20. The maximum atomic E-state index is 12.0. The molecule has 0 radical (unpaired) electrons. The Morgan fingerprint density at radius 2 is 1.88 bits per heavy atom. The van der Waals surface area contributed by atoms with E-state index in [4.69, 9.17) is 4.74 Å². The van der Waals surface area contributed by atoms with Crippen LogP contribution in [0.3, 0.4) is 0 Å². The molecule has 0 bridgehead atoms. The lowest BCUT2D eigenvalue weighted by Gasteiger charge is -2.14. The Bertz CT molecular complexity index is 751. The lowest BCUT2D eigenvalue weighted by molar-refractivity contribution is -0.153. The van der Waals surface area contributed by atoms with Crippen molar-refractivity contribution in [2.24, 2.45) is 0 Å². The lowest BCUT2D eigenvalue weighted by Crippen LogP contribution is -2.46. The molecule has 7 heteroatoms. The maximum Gasteiger partial charge on any atom is 0.321 e. The molecule has 1 atom stereocenters. The molecular formula is C17H21N3O4. The smallest absolute Gasteiger partial charge is 0.321 e. The molecular weight excluding hydrogens is 310 g/mol. The number of esters is 1. The van der Waals surface area contributed by atoms with Gasteiger partial charge in [0.2, 0.25) is 0 Å². The van der Waals surface area contributed by atoms with Gasteiger partial charge in [-0.25, -0.2) is 4.79 Å². The van der Waals surface area contributed by atoms with Crippen LogP contribution in [0.25, 0.3) is 10.9 Å². The second kappa shape index (κ2) is 7.63. The van der Waals surface area contributed by atoms with Crippen molar-refractivity contribution in [2.45, 2.75) is 39.3 Å². The van der Waals surface area contributed by atoms with Crippen LogP contribution in [0.1, 0.15) is 26.3 Å². The highest BCUT2D eigenvalue weighted by Gasteiger charge is 2.20. The van der Waals surface area contributed by atoms with E-state index in [0.717, 1.165) is 16.5 Å². The Hall–Kier alpha value is -2.83. The van der Waals surface area contributed by atoms with Crippen LogP contribution in [0.15, 0.2) is 30.5 Å². The van der Waals surface area contributed by atoms with E-state index in [1.165, 1.54) is 6.92 Å². The van der Waals surface area contributed by atoms with Crippen molar-refractivity contribution < 1.29 is 19.1 Å². The molecule has 24 heavy (non-hydrogen) atoms. The first kappa shape index (κ1) is 17.5. The summed E-state index contributed by atoms with van der Waals surface area (Å²) in [5, 5.41) is 5.59. The topological polar surface area (TPSA) is 100 Å². The largest absolute Gasteiger partial charge is 0.452 e. The summed E-state index contributed by atoms with van der Waals surface area (Å²) < 4.78 is 5.10. The zero-order valence-corrected chi connectivity index (χ0v) is 13.9. The van der Waals surface area contributed by atoms with Gasteiger partial charge in [-0.05, 0) is 32.4 Å². The molecule has 0 aliphatic rings. The van der Waals surface area contributed by atoms with Gasteiger partial charge in [0.15, 0.2) is 6.10 Å². The van der Waals surface area contributed by atoms with E-state index in [1.54, 1.807) is 20.0 Å². The highest BCUT2D eigenvalue weighted by molar-refractivity contribution is 5.97. The minimum Gasteiger partial charge on any atom is -0.452 e. The predicted molar refractivity (Wildman–Crippen MR) is 89.4 cm³/mol. The molecule has 1 aromatic heterocycles. The van der Waals surface area contributed by atoms with Gasteiger partial charge in [0.25, 0.3) is 5.91 Å². The number of aromatic nitrogens is 1. The van der Waals surface area contributed by atoms with Crippen LogP contribution in [0.5, 0.6) is 0 Å². The fourth-order valence-corrected chi connectivity index (χ4v) is 2.24. The molecule has 2 aromatic rings. The number of ether oxygens (including phenoxy) is 1. The van der Waals surface area contributed by atoms with Gasteiger partial charge in [0, 0.05) is 23.1 Å². The van der Waals surface area contributed by atoms with E-state index in [9.17, 15) is 14.4 Å². The van der Waals surface area contributed by atoms with Crippen molar-refractivity contribution in [1.29, 1.82) is 0 Å². The van der Waals surface area contributed by atoms with Crippen molar-refractivity contribution in [1.82, 2.24) is 15.6 Å². The van der Waals surface area contributed by atoms with Gasteiger partial charge in [0.05, 0.1) is 6.42 Å². The van der Waals surface area contributed by atoms with Gasteiger partial charge in [-0.15, -0.1) is 0 Å². The van der Waals surface area contributed by atoms with Crippen molar-refractivity contribution in [2.75, 3.05) is 0 Å². The molecule has 2 rings (SSSR count). The summed E-state index contributed by atoms with van der Waals surface area (Å²) in [5.41, 5.74) is 1.72. The molecule has 3 amide bonds. The van der Waals surface area contributed by atoms with Gasteiger partial charge in [-0.3, -0.25) is 14.9 Å². The third-order valence-electron chi connectivity index (χ3n) is 3.34. The highest BCUT2D eigenvalue weighted by atomic mass is 16.5. The molecule has 128 valence electrons. The highest BCUT2D eigenvalue weighted by Crippen LogP contribution is 2.18. The number of urea groups is 1. The molecule has 1 heterocycles. The van der Waals surface area contributed by atoms with Gasteiger partial charge >= 0.3 is 12.0 Å². The van der Waals surface area contributed by atoms with Crippen LogP contribution in [0.2, 0.25) is 0 Å². The maximum absolute atomic E-state index is 12.0. The monoisotopic (exact) mass is 331 g/mol. The predicted octanol–water partition coefficient (Wildman–Crippen LogP) is 1.88. The minimum atomic E-state index is -1.05. The molecule has 1 unspecified atom stereocenters.